The van der Waals surface area contributed by atoms with Crippen LogP contribution in [0.2, 0.25) is 0 Å². The number of amides is 1. The molecule has 92 valence electrons. The molecule has 0 radical (unpaired) electrons. The molecular weight excluding hydrogens is 238 g/mol. The zero-order valence-corrected chi connectivity index (χ0v) is 10.6. The number of benzene rings is 1. The van der Waals surface area contributed by atoms with Gasteiger partial charge in [0.2, 0.25) is 5.91 Å². The van der Waals surface area contributed by atoms with E-state index in [1.165, 1.54) is 12.1 Å². The van der Waals surface area contributed by atoms with Crippen LogP contribution in [0.25, 0.3) is 0 Å². The molecule has 1 N–H and O–H groups in total. The summed E-state index contributed by atoms with van der Waals surface area (Å²) >= 11 is 0. The van der Waals surface area contributed by atoms with Crippen LogP contribution in [0.1, 0.15) is 13.3 Å². The van der Waals surface area contributed by atoms with Gasteiger partial charge in [-0.1, -0.05) is 13.0 Å². The normalized spacial score (nSPS) is 23.2. The Morgan fingerprint density at radius 1 is 1.41 bits per heavy atom. The van der Waals surface area contributed by atoms with Crippen molar-refractivity contribution < 1.29 is 13.2 Å². The second-order valence-electron chi connectivity index (χ2n) is 4.61. The van der Waals surface area contributed by atoms with Gasteiger partial charge < -0.3 is 5.32 Å². The fourth-order valence-corrected chi connectivity index (χ4v) is 2.39. The largest absolute Gasteiger partial charge is 0.326 e. The lowest BCUT2D eigenvalue weighted by Gasteiger charge is -2.06. The number of hydrogen-bond donors (Lipinski definition) is 1. The molecule has 0 saturated heterocycles. The number of anilines is 1. The first kappa shape index (κ1) is 12.1. The van der Waals surface area contributed by atoms with Gasteiger partial charge in [0.25, 0.3) is 0 Å². The van der Waals surface area contributed by atoms with E-state index in [1.54, 1.807) is 12.1 Å². The molecular formula is C12H15NO3S. The number of nitrogens with one attached hydrogen (secondary N) is 1. The average molecular weight is 253 g/mol. The third-order valence-electron chi connectivity index (χ3n) is 2.98. The Hall–Kier alpha value is -1.36. The molecule has 5 heteroatoms. The first-order valence-electron chi connectivity index (χ1n) is 5.49. The zero-order chi connectivity index (χ0) is 12.6. The van der Waals surface area contributed by atoms with Crippen molar-refractivity contribution >= 4 is 21.4 Å². The highest BCUT2D eigenvalue weighted by Crippen LogP contribution is 2.38. The van der Waals surface area contributed by atoms with E-state index in [4.69, 9.17) is 0 Å². The maximum atomic E-state index is 11.7. The molecule has 1 aliphatic rings. The van der Waals surface area contributed by atoms with Gasteiger partial charge in [-0.05, 0) is 30.5 Å². The molecule has 1 amide bonds. The van der Waals surface area contributed by atoms with Gasteiger partial charge in [0.15, 0.2) is 9.84 Å². The van der Waals surface area contributed by atoms with Gasteiger partial charge in [0, 0.05) is 17.9 Å². The van der Waals surface area contributed by atoms with Gasteiger partial charge in [-0.25, -0.2) is 8.42 Å². The molecule has 0 heterocycles. The lowest BCUT2D eigenvalue weighted by atomic mass is 10.3. The van der Waals surface area contributed by atoms with Crippen molar-refractivity contribution in [2.24, 2.45) is 11.8 Å². The molecule has 17 heavy (non-hydrogen) atoms. The molecule has 2 atom stereocenters. The second-order valence-corrected chi connectivity index (χ2v) is 6.62. The molecule has 1 aromatic rings. The van der Waals surface area contributed by atoms with Gasteiger partial charge in [0.1, 0.15) is 0 Å². The van der Waals surface area contributed by atoms with E-state index in [-0.39, 0.29) is 16.7 Å². The Morgan fingerprint density at radius 3 is 2.59 bits per heavy atom. The molecule has 0 aromatic heterocycles. The monoisotopic (exact) mass is 253 g/mol. The maximum absolute atomic E-state index is 11.7. The van der Waals surface area contributed by atoms with E-state index in [1.807, 2.05) is 6.92 Å². The third-order valence-corrected chi connectivity index (χ3v) is 4.09. The van der Waals surface area contributed by atoms with Crippen LogP contribution in [0.3, 0.4) is 0 Å². The van der Waals surface area contributed by atoms with Gasteiger partial charge in [-0.2, -0.15) is 0 Å². The zero-order valence-electron chi connectivity index (χ0n) is 9.80. The Balaban J connectivity index is 2.14. The summed E-state index contributed by atoms with van der Waals surface area (Å²) in [5, 5.41) is 2.74. The van der Waals surface area contributed by atoms with E-state index in [9.17, 15) is 13.2 Å². The summed E-state index contributed by atoms with van der Waals surface area (Å²) in [5.41, 5.74) is 0.539. The molecule has 1 saturated carbocycles. The molecule has 1 aliphatic carbocycles. The molecule has 1 aromatic carbocycles. The quantitative estimate of drug-likeness (QED) is 0.891. The van der Waals surface area contributed by atoms with Crippen LogP contribution in [0.5, 0.6) is 0 Å². The first-order valence-corrected chi connectivity index (χ1v) is 7.38. The lowest BCUT2D eigenvalue weighted by molar-refractivity contribution is -0.117. The third kappa shape index (κ3) is 2.85. The number of carbonyl (C=O) groups excluding carboxylic acids is 1. The highest BCUT2D eigenvalue weighted by molar-refractivity contribution is 7.90. The van der Waals surface area contributed by atoms with Gasteiger partial charge in [0.05, 0.1) is 4.90 Å². The van der Waals surface area contributed by atoms with Crippen LogP contribution >= 0.6 is 0 Å². The second kappa shape index (κ2) is 4.14. The topological polar surface area (TPSA) is 63.2 Å². The summed E-state index contributed by atoms with van der Waals surface area (Å²) in [7, 11) is -3.23. The Morgan fingerprint density at radius 2 is 2.06 bits per heavy atom. The molecule has 1 fully saturated rings. The number of rotatable bonds is 3. The lowest BCUT2D eigenvalue weighted by Crippen LogP contribution is -2.14. The van der Waals surface area contributed by atoms with E-state index in [0.29, 0.717) is 11.6 Å². The fourth-order valence-electron chi connectivity index (χ4n) is 1.73. The minimum Gasteiger partial charge on any atom is -0.326 e. The minimum absolute atomic E-state index is 0.0249. The van der Waals surface area contributed by atoms with Crippen molar-refractivity contribution in [1.29, 1.82) is 0 Å². The van der Waals surface area contributed by atoms with Crippen molar-refractivity contribution in [3.8, 4) is 0 Å². The molecule has 4 nitrogen and oxygen atoms in total. The van der Waals surface area contributed by atoms with Crippen molar-refractivity contribution in [3.63, 3.8) is 0 Å². The predicted octanol–water partition coefficient (Wildman–Crippen LogP) is 1.68. The molecule has 2 rings (SSSR count). The maximum Gasteiger partial charge on any atom is 0.227 e. The number of hydrogen-bond acceptors (Lipinski definition) is 3. The fraction of sp³-hybridized carbons (Fsp3) is 0.417. The van der Waals surface area contributed by atoms with E-state index >= 15 is 0 Å². The first-order chi connectivity index (χ1) is 7.88. The summed E-state index contributed by atoms with van der Waals surface area (Å²) in [6, 6.07) is 6.33. The van der Waals surface area contributed by atoms with Gasteiger partial charge >= 0.3 is 0 Å². The summed E-state index contributed by atoms with van der Waals surface area (Å²) in [6.07, 6.45) is 2.06. The number of carbonyl (C=O) groups is 1. The van der Waals surface area contributed by atoms with Gasteiger partial charge in [-0.15, -0.1) is 0 Å². The highest BCUT2D eigenvalue weighted by Gasteiger charge is 2.39. The van der Waals surface area contributed by atoms with Gasteiger partial charge in [-0.3, -0.25) is 4.79 Å². The van der Waals surface area contributed by atoms with E-state index in [2.05, 4.69) is 5.32 Å². The summed E-state index contributed by atoms with van der Waals surface area (Å²) < 4.78 is 22.7. The van der Waals surface area contributed by atoms with Crippen molar-refractivity contribution in [2.75, 3.05) is 11.6 Å². The van der Waals surface area contributed by atoms with Crippen LogP contribution < -0.4 is 5.32 Å². The van der Waals surface area contributed by atoms with E-state index < -0.39 is 9.84 Å². The Kier molecular flexibility index (Phi) is 2.95. The van der Waals surface area contributed by atoms with Crippen LogP contribution in [0.4, 0.5) is 5.69 Å². The highest BCUT2D eigenvalue weighted by atomic mass is 32.2. The SMILES string of the molecule is C[C@@H]1C[C@@H]1C(=O)Nc1cccc(S(C)(=O)=O)c1. The van der Waals surface area contributed by atoms with E-state index in [0.717, 1.165) is 12.7 Å². The predicted molar refractivity (Wildman–Crippen MR) is 65.5 cm³/mol. The van der Waals surface area contributed by atoms with Crippen molar-refractivity contribution in [3.05, 3.63) is 24.3 Å². The standard InChI is InChI=1S/C12H15NO3S/c1-8-6-11(8)12(14)13-9-4-3-5-10(7-9)17(2,15)16/h3-5,7-8,11H,6H2,1-2H3,(H,13,14)/t8-,11+/m1/s1. The smallest absolute Gasteiger partial charge is 0.227 e. The minimum atomic E-state index is -3.23. The van der Waals surface area contributed by atoms with Crippen LogP contribution in [-0.2, 0) is 14.6 Å². The molecule has 0 unspecified atom stereocenters. The van der Waals surface area contributed by atoms with Crippen molar-refractivity contribution in [1.82, 2.24) is 0 Å². The number of sulfone groups is 1. The Labute approximate surface area is 101 Å². The molecule has 0 spiro atoms. The van der Waals surface area contributed by atoms with Crippen molar-refractivity contribution in [2.45, 2.75) is 18.2 Å². The summed E-state index contributed by atoms with van der Waals surface area (Å²) in [5.74, 6) is 0.494. The Bertz CT molecular complexity index is 551. The van der Waals surface area contributed by atoms with Crippen LogP contribution in [0, 0.1) is 11.8 Å². The molecule has 0 bridgehead atoms. The molecule has 0 aliphatic heterocycles. The average Bonchev–Trinajstić information content (AvgIpc) is 2.95. The summed E-state index contributed by atoms with van der Waals surface area (Å²) in [6.45, 7) is 2.02. The van der Waals surface area contributed by atoms with Crippen LogP contribution in [0.15, 0.2) is 29.2 Å². The van der Waals surface area contributed by atoms with Crippen LogP contribution in [-0.4, -0.2) is 20.6 Å². The summed E-state index contributed by atoms with van der Waals surface area (Å²) in [4.78, 5) is 11.9.